The van der Waals surface area contributed by atoms with E-state index in [9.17, 15) is 4.79 Å². The fourth-order valence-electron chi connectivity index (χ4n) is 4.61. The normalized spacial score (nSPS) is 20.4. The van der Waals surface area contributed by atoms with Crippen LogP contribution < -0.4 is 14.5 Å². The molecule has 0 aliphatic carbocycles. The second kappa shape index (κ2) is 10.3. The Kier molecular flexibility index (Phi) is 7.25. The molecule has 0 amide bonds. The maximum atomic E-state index is 11.4. The highest BCUT2D eigenvalue weighted by atomic mass is 16.5. The lowest BCUT2D eigenvalue weighted by Crippen LogP contribution is -2.37. The lowest BCUT2D eigenvalue weighted by molar-refractivity contribution is -0.117. The first kappa shape index (κ1) is 22.5. The first-order valence-electron chi connectivity index (χ1n) is 11.6. The highest BCUT2D eigenvalue weighted by molar-refractivity contribution is 5.76. The predicted octanol–water partition coefficient (Wildman–Crippen LogP) is 3.83. The first-order valence-corrected chi connectivity index (χ1v) is 11.6. The third-order valence-electron chi connectivity index (χ3n) is 6.50. The topological polar surface area (TPSA) is 67.8 Å². The minimum atomic E-state index is 0.131. The summed E-state index contributed by atoms with van der Waals surface area (Å²) in [6.45, 7) is 7.31. The molecule has 2 aromatic rings. The molecule has 2 saturated heterocycles. The summed E-state index contributed by atoms with van der Waals surface area (Å²) in [5, 5.41) is 0. The molecule has 32 heavy (non-hydrogen) atoms. The molecule has 172 valence electrons. The summed E-state index contributed by atoms with van der Waals surface area (Å²) in [5.74, 6) is 3.09. The standard InChI is InChI=1S/C25H34N4O3/c1-18(16-19(2)30)20-4-6-22(7-5-20)32-23-11-15-29(17-23)24-8-12-26-25(27-24)28-13-9-21(31-3)10-14-28/h4-8,12,18,21,23H,9-11,13-17H2,1-3H3/t18-,23-/m1/s1. The van der Waals surface area contributed by atoms with E-state index in [2.05, 4.69) is 33.8 Å². The van der Waals surface area contributed by atoms with Gasteiger partial charge in [0.15, 0.2) is 0 Å². The number of nitrogens with zero attached hydrogens (tertiary/aromatic N) is 4. The number of aromatic nitrogens is 2. The molecule has 0 spiro atoms. The number of hydrogen-bond donors (Lipinski definition) is 0. The molecule has 7 nitrogen and oxygen atoms in total. The SMILES string of the molecule is COC1CCN(c2nccc(N3CC[C@@H](Oc4ccc([C@H](C)CC(C)=O)cc4)C3)n2)CC1. The zero-order valence-electron chi connectivity index (χ0n) is 19.4. The highest BCUT2D eigenvalue weighted by Crippen LogP contribution is 2.26. The Bertz CT molecular complexity index is 896. The molecule has 2 aliphatic rings. The largest absolute Gasteiger partial charge is 0.489 e. The van der Waals surface area contributed by atoms with Gasteiger partial charge in [0, 0.05) is 45.8 Å². The Labute approximate surface area is 190 Å². The van der Waals surface area contributed by atoms with Gasteiger partial charge in [-0.3, -0.25) is 0 Å². The average Bonchev–Trinajstić information content (AvgIpc) is 3.28. The fourth-order valence-corrected chi connectivity index (χ4v) is 4.61. The molecule has 2 fully saturated rings. The summed E-state index contributed by atoms with van der Waals surface area (Å²) in [6.07, 6.45) is 5.88. The van der Waals surface area contributed by atoms with Crippen LogP contribution in [-0.2, 0) is 9.53 Å². The van der Waals surface area contributed by atoms with E-state index in [-0.39, 0.29) is 17.8 Å². The minimum Gasteiger partial charge on any atom is -0.489 e. The van der Waals surface area contributed by atoms with Crippen molar-refractivity contribution >= 4 is 17.5 Å². The van der Waals surface area contributed by atoms with Crippen LogP contribution in [0.25, 0.3) is 0 Å². The van der Waals surface area contributed by atoms with Crippen LogP contribution in [-0.4, -0.2) is 61.2 Å². The van der Waals surface area contributed by atoms with Crippen molar-refractivity contribution in [2.45, 2.75) is 57.7 Å². The van der Waals surface area contributed by atoms with Crippen LogP contribution in [0.2, 0.25) is 0 Å². The molecule has 4 rings (SSSR count). The van der Waals surface area contributed by atoms with Crippen molar-refractivity contribution < 1.29 is 14.3 Å². The van der Waals surface area contributed by atoms with E-state index in [1.807, 2.05) is 24.4 Å². The maximum absolute atomic E-state index is 11.4. The molecule has 0 N–H and O–H groups in total. The summed E-state index contributed by atoms with van der Waals surface area (Å²) in [7, 11) is 1.78. The van der Waals surface area contributed by atoms with Gasteiger partial charge in [0.05, 0.1) is 12.6 Å². The van der Waals surface area contributed by atoms with Crippen LogP contribution in [0, 0.1) is 0 Å². The summed E-state index contributed by atoms with van der Waals surface area (Å²) in [4.78, 5) is 25.2. The summed E-state index contributed by atoms with van der Waals surface area (Å²) in [5.41, 5.74) is 1.17. The lowest BCUT2D eigenvalue weighted by atomic mass is 9.96. The first-order chi connectivity index (χ1) is 15.5. The number of piperidine rings is 1. The predicted molar refractivity (Wildman–Crippen MR) is 126 cm³/mol. The van der Waals surface area contributed by atoms with Gasteiger partial charge >= 0.3 is 0 Å². The van der Waals surface area contributed by atoms with E-state index >= 15 is 0 Å². The third-order valence-corrected chi connectivity index (χ3v) is 6.50. The van der Waals surface area contributed by atoms with Gasteiger partial charge in [0.2, 0.25) is 5.95 Å². The van der Waals surface area contributed by atoms with Crippen molar-refractivity contribution in [3.63, 3.8) is 0 Å². The van der Waals surface area contributed by atoms with Gasteiger partial charge in [-0.2, -0.15) is 4.98 Å². The Morgan fingerprint density at radius 1 is 1.06 bits per heavy atom. The van der Waals surface area contributed by atoms with Gasteiger partial charge in [0.1, 0.15) is 23.5 Å². The van der Waals surface area contributed by atoms with Crippen molar-refractivity contribution in [1.82, 2.24) is 9.97 Å². The number of anilines is 2. The Morgan fingerprint density at radius 3 is 2.44 bits per heavy atom. The van der Waals surface area contributed by atoms with E-state index in [4.69, 9.17) is 14.5 Å². The molecule has 7 heteroatoms. The number of rotatable bonds is 8. The van der Waals surface area contributed by atoms with Gasteiger partial charge in [0.25, 0.3) is 0 Å². The Hall–Kier alpha value is -2.67. The van der Waals surface area contributed by atoms with E-state index in [1.54, 1.807) is 14.0 Å². The Morgan fingerprint density at radius 2 is 1.75 bits per heavy atom. The molecule has 1 aromatic carbocycles. The fraction of sp³-hybridized carbons (Fsp3) is 0.560. The molecular formula is C25H34N4O3. The van der Waals surface area contributed by atoms with Gasteiger partial charge in [-0.05, 0) is 49.4 Å². The van der Waals surface area contributed by atoms with Crippen molar-refractivity contribution in [3.05, 3.63) is 42.1 Å². The van der Waals surface area contributed by atoms with Crippen molar-refractivity contribution in [3.8, 4) is 5.75 Å². The molecule has 1 aromatic heterocycles. The van der Waals surface area contributed by atoms with Crippen LogP contribution in [0.15, 0.2) is 36.5 Å². The highest BCUT2D eigenvalue weighted by Gasteiger charge is 2.26. The molecule has 0 radical (unpaired) electrons. The van der Waals surface area contributed by atoms with Crippen molar-refractivity contribution in [1.29, 1.82) is 0 Å². The minimum absolute atomic E-state index is 0.131. The van der Waals surface area contributed by atoms with Crippen LogP contribution in [0.4, 0.5) is 11.8 Å². The number of Topliss-reactive ketones (excluding diaryl/α,β-unsaturated/α-hetero) is 1. The molecule has 3 heterocycles. The summed E-state index contributed by atoms with van der Waals surface area (Å²) < 4.78 is 11.7. The van der Waals surface area contributed by atoms with Gasteiger partial charge < -0.3 is 24.1 Å². The van der Waals surface area contributed by atoms with E-state index in [0.717, 1.165) is 63.0 Å². The molecule has 0 bridgehead atoms. The number of ether oxygens (including phenoxy) is 2. The number of ketones is 1. The van der Waals surface area contributed by atoms with Gasteiger partial charge in [-0.1, -0.05) is 19.1 Å². The Balaban J connectivity index is 1.32. The second-order valence-corrected chi connectivity index (χ2v) is 8.99. The number of hydrogen-bond acceptors (Lipinski definition) is 7. The monoisotopic (exact) mass is 438 g/mol. The summed E-state index contributed by atoms with van der Waals surface area (Å²) in [6, 6.07) is 10.2. The van der Waals surface area contributed by atoms with Gasteiger partial charge in [-0.25, -0.2) is 4.98 Å². The van der Waals surface area contributed by atoms with Crippen molar-refractivity contribution in [2.24, 2.45) is 0 Å². The quantitative estimate of drug-likeness (QED) is 0.620. The van der Waals surface area contributed by atoms with Crippen LogP contribution >= 0.6 is 0 Å². The average molecular weight is 439 g/mol. The molecule has 2 aliphatic heterocycles. The number of benzene rings is 1. The van der Waals surface area contributed by atoms with Crippen LogP contribution in [0.5, 0.6) is 5.75 Å². The third kappa shape index (κ3) is 5.57. The number of carbonyl (C=O) groups excluding carboxylic acids is 1. The lowest BCUT2D eigenvalue weighted by Gasteiger charge is -2.31. The summed E-state index contributed by atoms with van der Waals surface area (Å²) >= 11 is 0. The van der Waals surface area contributed by atoms with Crippen LogP contribution in [0.1, 0.15) is 51.0 Å². The zero-order valence-corrected chi connectivity index (χ0v) is 19.4. The van der Waals surface area contributed by atoms with Crippen molar-refractivity contribution in [2.75, 3.05) is 43.1 Å². The molecule has 2 atom stereocenters. The smallest absolute Gasteiger partial charge is 0.227 e. The molecule has 0 unspecified atom stereocenters. The van der Waals surface area contributed by atoms with Gasteiger partial charge in [-0.15, -0.1) is 0 Å². The molecule has 0 saturated carbocycles. The number of carbonyl (C=O) groups is 1. The van der Waals surface area contributed by atoms with Crippen LogP contribution in [0.3, 0.4) is 0 Å². The van der Waals surface area contributed by atoms with E-state index in [1.165, 1.54) is 5.56 Å². The van der Waals surface area contributed by atoms with E-state index < -0.39 is 0 Å². The molecular weight excluding hydrogens is 404 g/mol. The zero-order chi connectivity index (χ0) is 22.5. The second-order valence-electron chi connectivity index (χ2n) is 8.99. The van der Waals surface area contributed by atoms with E-state index in [0.29, 0.717) is 12.5 Å². The number of methoxy groups -OCH3 is 1. The maximum Gasteiger partial charge on any atom is 0.227 e.